The van der Waals surface area contributed by atoms with E-state index in [-0.39, 0.29) is 22.4 Å². The molecule has 200 valence electrons. The summed E-state index contributed by atoms with van der Waals surface area (Å²) in [7, 11) is 0. The Labute approximate surface area is 231 Å². The van der Waals surface area contributed by atoms with Crippen molar-refractivity contribution in [1.29, 1.82) is 0 Å². The smallest absolute Gasteiger partial charge is 0.269 e. The third-order valence-electron chi connectivity index (χ3n) is 4.84. The van der Waals surface area contributed by atoms with E-state index in [0.717, 1.165) is 5.69 Å². The standard InChI is InChI=1S/C16H12N4O3.C10H6ClN3O3/c21-20(22)13-6-8-14(9-7-13)23-16-10-15(17-11-18-16)19-12-4-2-1-3-5-12;11-9-5-10(13-6-12-9)17-8-3-1-7(2-4-8)14(15)16/h1-11H,(H,17,18,19);1-6H. The molecule has 0 aliphatic heterocycles. The molecule has 14 heteroatoms. The Balaban J connectivity index is 0.000000194. The summed E-state index contributed by atoms with van der Waals surface area (Å²) in [5.41, 5.74) is 0.900. The highest BCUT2D eigenvalue weighted by molar-refractivity contribution is 6.29. The van der Waals surface area contributed by atoms with E-state index in [1.807, 2.05) is 30.3 Å². The van der Waals surface area contributed by atoms with Crippen LogP contribution in [0.3, 0.4) is 0 Å². The highest BCUT2D eigenvalue weighted by atomic mass is 35.5. The van der Waals surface area contributed by atoms with E-state index in [4.69, 9.17) is 21.1 Å². The summed E-state index contributed by atoms with van der Waals surface area (Å²) in [4.78, 5) is 35.8. The fourth-order valence-corrected chi connectivity index (χ4v) is 3.16. The zero-order valence-electron chi connectivity index (χ0n) is 20.3. The predicted octanol–water partition coefficient (Wildman–Crippen LogP) is 6.75. The van der Waals surface area contributed by atoms with Gasteiger partial charge in [0.05, 0.1) is 9.85 Å². The molecule has 2 heterocycles. The number of nitrogens with one attached hydrogen (secondary N) is 1. The first-order valence-corrected chi connectivity index (χ1v) is 11.7. The Morgan fingerprint density at radius 1 is 0.650 bits per heavy atom. The Morgan fingerprint density at radius 3 is 1.65 bits per heavy atom. The number of ether oxygens (including phenoxy) is 2. The van der Waals surface area contributed by atoms with Crippen LogP contribution in [0.1, 0.15) is 0 Å². The lowest BCUT2D eigenvalue weighted by Crippen LogP contribution is -1.96. The lowest BCUT2D eigenvalue weighted by Gasteiger charge is -2.07. The molecule has 0 saturated carbocycles. The van der Waals surface area contributed by atoms with Crippen LogP contribution in [0.4, 0.5) is 22.9 Å². The first kappa shape index (κ1) is 27.3. The molecule has 0 bridgehead atoms. The number of para-hydroxylation sites is 1. The Kier molecular flexibility index (Phi) is 9.03. The van der Waals surface area contributed by atoms with Crippen molar-refractivity contribution in [2.75, 3.05) is 5.32 Å². The molecule has 0 atom stereocenters. The molecule has 0 amide bonds. The van der Waals surface area contributed by atoms with Crippen LogP contribution in [0, 0.1) is 20.2 Å². The van der Waals surface area contributed by atoms with Crippen molar-refractivity contribution in [2.45, 2.75) is 0 Å². The maximum absolute atomic E-state index is 10.6. The van der Waals surface area contributed by atoms with E-state index in [2.05, 4.69) is 25.3 Å². The van der Waals surface area contributed by atoms with Crippen molar-refractivity contribution < 1.29 is 19.3 Å². The second-order valence-electron chi connectivity index (χ2n) is 7.62. The number of hydrogen-bond acceptors (Lipinski definition) is 11. The molecule has 0 fully saturated rings. The van der Waals surface area contributed by atoms with Gasteiger partial charge in [0.2, 0.25) is 11.8 Å². The number of halogens is 1. The van der Waals surface area contributed by atoms with Crippen LogP contribution in [0.2, 0.25) is 5.15 Å². The molecule has 0 aliphatic carbocycles. The van der Waals surface area contributed by atoms with Crippen LogP contribution in [0.15, 0.2) is 104 Å². The minimum Gasteiger partial charge on any atom is -0.439 e. The van der Waals surface area contributed by atoms with Gasteiger partial charge in [0, 0.05) is 42.1 Å². The highest BCUT2D eigenvalue weighted by Gasteiger charge is 2.07. The summed E-state index contributed by atoms with van der Waals surface area (Å²) in [5, 5.41) is 24.5. The molecular formula is C26H18ClN7O6. The molecule has 0 unspecified atom stereocenters. The van der Waals surface area contributed by atoms with E-state index in [1.54, 1.807) is 6.07 Å². The third-order valence-corrected chi connectivity index (χ3v) is 5.04. The number of non-ortho nitro benzene ring substituents is 2. The van der Waals surface area contributed by atoms with Crippen molar-refractivity contribution >= 4 is 34.5 Å². The molecule has 3 aromatic carbocycles. The highest BCUT2D eigenvalue weighted by Crippen LogP contribution is 2.25. The molecule has 0 radical (unpaired) electrons. The number of anilines is 2. The van der Waals surface area contributed by atoms with Crippen molar-refractivity contribution in [2.24, 2.45) is 0 Å². The van der Waals surface area contributed by atoms with E-state index >= 15 is 0 Å². The molecule has 2 aromatic heterocycles. The van der Waals surface area contributed by atoms with Gasteiger partial charge in [-0.15, -0.1) is 0 Å². The zero-order valence-corrected chi connectivity index (χ0v) is 21.1. The number of benzene rings is 3. The van der Waals surface area contributed by atoms with Crippen LogP contribution in [-0.2, 0) is 0 Å². The molecule has 0 aliphatic rings. The number of hydrogen-bond donors (Lipinski definition) is 1. The van der Waals surface area contributed by atoms with Crippen molar-refractivity contribution in [3.8, 4) is 23.3 Å². The Hall–Kier alpha value is -5.69. The SMILES string of the molecule is O=[N+]([O-])c1ccc(Oc2cc(Cl)ncn2)cc1.O=[N+]([O-])c1ccc(Oc2cc(Nc3ccccc3)ncn2)cc1. The minimum atomic E-state index is -0.481. The molecule has 5 rings (SSSR count). The van der Waals surface area contributed by atoms with E-state index in [0.29, 0.717) is 23.2 Å². The maximum Gasteiger partial charge on any atom is 0.269 e. The molecule has 5 aromatic rings. The fourth-order valence-electron chi connectivity index (χ4n) is 3.02. The quantitative estimate of drug-likeness (QED) is 0.121. The lowest BCUT2D eigenvalue weighted by atomic mass is 10.3. The topological polar surface area (TPSA) is 168 Å². The van der Waals surface area contributed by atoms with Crippen LogP contribution >= 0.6 is 11.6 Å². The first-order valence-electron chi connectivity index (χ1n) is 11.3. The second-order valence-corrected chi connectivity index (χ2v) is 8.00. The van der Waals surface area contributed by atoms with Gasteiger partial charge in [0.25, 0.3) is 11.4 Å². The molecular weight excluding hydrogens is 542 g/mol. The third kappa shape index (κ3) is 8.16. The summed E-state index contributed by atoms with van der Waals surface area (Å²) in [5.74, 6) is 2.10. The maximum atomic E-state index is 10.6. The van der Waals surface area contributed by atoms with E-state index < -0.39 is 9.85 Å². The normalized spacial score (nSPS) is 10.0. The Morgan fingerprint density at radius 2 is 1.15 bits per heavy atom. The number of nitro groups is 2. The van der Waals surface area contributed by atoms with Gasteiger partial charge in [-0.05, 0) is 36.4 Å². The minimum absolute atomic E-state index is 0.00179. The monoisotopic (exact) mass is 559 g/mol. The molecule has 40 heavy (non-hydrogen) atoms. The number of rotatable bonds is 8. The van der Waals surface area contributed by atoms with Gasteiger partial charge in [-0.25, -0.2) is 19.9 Å². The summed E-state index contributed by atoms with van der Waals surface area (Å²) in [6, 6.07) is 24.1. The van der Waals surface area contributed by atoms with Gasteiger partial charge in [-0.1, -0.05) is 29.8 Å². The average Bonchev–Trinajstić information content (AvgIpc) is 2.95. The van der Waals surface area contributed by atoms with Crippen molar-refractivity contribution in [3.05, 3.63) is 129 Å². The summed E-state index contributed by atoms with van der Waals surface area (Å²) in [6.07, 6.45) is 2.65. The molecule has 0 spiro atoms. The Bertz CT molecular complexity index is 1590. The lowest BCUT2D eigenvalue weighted by molar-refractivity contribution is -0.385. The summed E-state index contributed by atoms with van der Waals surface area (Å²) >= 11 is 5.66. The molecule has 13 nitrogen and oxygen atoms in total. The van der Waals surface area contributed by atoms with Crippen molar-refractivity contribution in [1.82, 2.24) is 19.9 Å². The van der Waals surface area contributed by atoms with E-state index in [9.17, 15) is 20.2 Å². The van der Waals surface area contributed by atoms with Gasteiger partial charge in [0.15, 0.2) is 0 Å². The zero-order chi connectivity index (χ0) is 28.3. The van der Waals surface area contributed by atoms with Crippen LogP contribution in [-0.4, -0.2) is 29.8 Å². The van der Waals surface area contributed by atoms with Crippen LogP contribution in [0.25, 0.3) is 0 Å². The number of aromatic nitrogens is 4. The second kappa shape index (κ2) is 13.2. The van der Waals surface area contributed by atoms with Gasteiger partial charge in [-0.3, -0.25) is 20.2 Å². The van der Waals surface area contributed by atoms with Gasteiger partial charge < -0.3 is 14.8 Å². The van der Waals surface area contributed by atoms with Gasteiger partial charge in [-0.2, -0.15) is 0 Å². The van der Waals surface area contributed by atoms with Gasteiger partial charge >= 0.3 is 0 Å². The predicted molar refractivity (Wildman–Crippen MR) is 145 cm³/mol. The van der Waals surface area contributed by atoms with Gasteiger partial charge in [0.1, 0.15) is 35.1 Å². The van der Waals surface area contributed by atoms with Crippen LogP contribution in [0.5, 0.6) is 23.3 Å². The molecule has 1 N–H and O–H groups in total. The summed E-state index contributed by atoms with van der Waals surface area (Å²) < 4.78 is 10.9. The van der Waals surface area contributed by atoms with E-state index in [1.165, 1.54) is 67.3 Å². The first-order chi connectivity index (χ1) is 19.4. The number of nitro benzene ring substituents is 2. The average molecular weight is 560 g/mol. The largest absolute Gasteiger partial charge is 0.439 e. The number of nitrogens with zero attached hydrogens (tertiary/aromatic N) is 6. The van der Waals surface area contributed by atoms with Crippen LogP contribution < -0.4 is 14.8 Å². The fraction of sp³-hybridized carbons (Fsp3) is 0. The van der Waals surface area contributed by atoms with Crippen molar-refractivity contribution in [3.63, 3.8) is 0 Å². The summed E-state index contributed by atoms with van der Waals surface area (Å²) in [6.45, 7) is 0. The molecule has 0 saturated heterocycles.